The van der Waals surface area contributed by atoms with Gasteiger partial charge >= 0.3 is 0 Å². The monoisotopic (exact) mass is 205 g/mol. The lowest BCUT2D eigenvalue weighted by Crippen LogP contribution is -2.31. The molecule has 0 aromatic rings. The molecule has 1 aliphatic heterocycles. The Kier molecular flexibility index (Phi) is 2.10. The second-order valence-electron chi connectivity index (χ2n) is 5.73. The van der Waals surface area contributed by atoms with Crippen molar-refractivity contribution in [3.63, 3.8) is 0 Å². The van der Waals surface area contributed by atoms with Gasteiger partial charge in [0, 0.05) is 5.54 Å². The molecule has 2 unspecified atom stereocenters. The van der Waals surface area contributed by atoms with Gasteiger partial charge in [0.05, 0.1) is 0 Å². The second kappa shape index (κ2) is 2.48. The molecule has 13 heavy (non-hydrogen) atoms. The highest BCUT2D eigenvalue weighted by Crippen LogP contribution is 2.48. The van der Waals surface area contributed by atoms with Crippen molar-refractivity contribution in [2.24, 2.45) is 5.41 Å². The number of sulfonamides is 1. The van der Waals surface area contributed by atoms with Crippen molar-refractivity contribution in [1.82, 2.24) is 4.31 Å². The van der Waals surface area contributed by atoms with Crippen molar-refractivity contribution < 1.29 is 8.42 Å². The van der Waals surface area contributed by atoms with Crippen LogP contribution in [0.15, 0.2) is 0 Å². The maximum Gasteiger partial charge on any atom is 0.233 e. The molecule has 0 aromatic heterocycles. The Balaban J connectivity index is 2.99. The van der Waals surface area contributed by atoms with Gasteiger partial charge in [-0.3, -0.25) is 0 Å². The lowest BCUT2D eigenvalue weighted by molar-refractivity contribution is 0.236. The van der Waals surface area contributed by atoms with Crippen molar-refractivity contribution in [3.05, 3.63) is 0 Å². The highest BCUT2D eigenvalue weighted by molar-refractivity contribution is 7.96. The zero-order chi connectivity index (χ0) is 10.7. The van der Waals surface area contributed by atoms with Crippen LogP contribution in [0, 0.1) is 5.41 Å². The molecular formula is C9H19NO2S. The van der Waals surface area contributed by atoms with Crippen LogP contribution in [0.2, 0.25) is 0 Å². The molecule has 1 fully saturated rings. The van der Waals surface area contributed by atoms with Crippen molar-refractivity contribution in [2.75, 3.05) is 0 Å². The van der Waals surface area contributed by atoms with E-state index in [0.717, 1.165) is 0 Å². The lowest BCUT2D eigenvalue weighted by atomic mass is 9.95. The van der Waals surface area contributed by atoms with E-state index in [9.17, 15) is 8.42 Å². The third kappa shape index (κ3) is 1.74. The number of hydrogen-bond acceptors (Lipinski definition) is 2. The number of rotatable bonds is 0. The molecular weight excluding hydrogens is 186 g/mol. The molecule has 0 spiro atoms. The average Bonchev–Trinajstić information content (AvgIpc) is 2.29. The van der Waals surface area contributed by atoms with E-state index in [4.69, 9.17) is 0 Å². The SMILES string of the molecule is CC(C)(C)C1N(C(C)(C)C)S1(=O)=O. The number of hydrogen-bond donors (Lipinski definition) is 0. The zero-order valence-electron chi connectivity index (χ0n) is 9.25. The zero-order valence-corrected chi connectivity index (χ0v) is 10.1. The second-order valence-corrected chi connectivity index (χ2v) is 7.60. The van der Waals surface area contributed by atoms with Crippen molar-refractivity contribution >= 4 is 10.0 Å². The Hall–Kier alpha value is -0.0900. The highest BCUT2D eigenvalue weighted by atomic mass is 32.2. The minimum Gasteiger partial charge on any atom is -0.210 e. The first-order valence-electron chi connectivity index (χ1n) is 4.52. The summed E-state index contributed by atoms with van der Waals surface area (Å²) in [4.78, 5) is 0. The van der Waals surface area contributed by atoms with Crippen molar-refractivity contribution in [2.45, 2.75) is 52.5 Å². The van der Waals surface area contributed by atoms with E-state index in [1.807, 2.05) is 41.5 Å². The van der Waals surface area contributed by atoms with E-state index in [0.29, 0.717) is 0 Å². The molecule has 0 amide bonds. The fourth-order valence-corrected chi connectivity index (χ4v) is 4.64. The molecule has 1 aliphatic rings. The van der Waals surface area contributed by atoms with Crippen LogP contribution >= 0.6 is 0 Å². The summed E-state index contributed by atoms with van der Waals surface area (Å²) < 4.78 is 24.8. The van der Waals surface area contributed by atoms with Gasteiger partial charge < -0.3 is 0 Å². The molecule has 2 atom stereocenters. The summed E-state index contributed by atoms with van der Waals surface area (Å²) in [7, 11) is -2.98. The third-order valence-corrected chi connectivity index (χ3v) is 4.70. The Bertz CT molecular complexity index is 279. The summed E-state index contributed by atoms with van der Waals surface area (Å²) >= 11 is 0. The summed E-state index contributed by atoms with van der Waals surface area (Å²) in [6.07, 6.45) is 0. The first-order chi connectivity index (χ1) is 5.49. The molecule has 0 saturated carbocycles. The summed E-state index contributed by atoms with van der Waals surface area (Å²) in [5.74, 6) is 0. The molecule has 0 aromatic carbocycles. The minimum atomic E-state index is -2.98. The van der Waals surface area contributed by atoms with E-state index in [-0.39, 0.29) is 16.3 Å². The van der Waals surface area contributed by atoms with Gasteiger partial charge in [0.25, 0.3) is 0 Å². The van der Waals surface area contributed by atoms with E-state index >= 15 is 0 Å². The predicted molar refractivity (Wildman–Crippen MR) is 53.8 cm³/mol. The van der Waals surface area contributed by atoms with E-state index < -0.39 is 10.0 Å². The first kappa shape index (κ1) is 11.0. The Morgan fingerprint density at radius 3 is 1.46 bits per heavy atom. The lowest BCUT2D eigenvalue weighted by Gasteiger charge is -2.22. The van der Waals surface area contributed by atoms with E-state index in [2.05, 4.69) is 0 Å². The Morgan fingerprint density at radius 1 is 1.00 bits per heavy atom. The molecule has 0 bridgehead atoms. The van der Waals surface area contributed by atoms with Crippen LogP contribution in [0.25, 0.3) is 0 Å². The van der Waals surface area contributed by atoms with Gasteiger partial charge in [-0.25, -0.2) is 8.42 Å². The normalized spacial score (nSPS) is 33.1. The fourth-order valence-electron chi connectivity index (χ4n) is 1.73. The van der Waals surface area contributed by atoms with Crippen LogP contribution in [0.4, 0.5) is 0 Å². The molecule has 3 nitrogen and oxygen atoms in total. The topological polar surface area (TPSA) is 37.1 Å². The van der Waals surface area contributed by atoms with Gasteiger partial charge in [0.15, 0.2) is 0 Å². The van der Waals surface area contributed by atoms with Crippen molar-refractivity contribution in [1.29, 1.82) is 0 Å². The third-order valence-electron chi connectivity index (χ3n) is 2.13. The fraction of sp³-hybridized carbons (Fsp3) is 1.00. The van der Waals surface area contributed by atoms with Gasteiger partial charge in [-0.1, -0.05) is 20.8 Å². The number of nitrogens with zero attached hydrogens (tertiary/aromatic N) is 1. The smallest absolute Gasteiger partial charge is 0.210 e. The van der Waals surface area contributed by atoms with Gasteiger partial charge in [-0.2, -0.15) is 4.31 Å². The van der Waals surface area contributed by atoms with Crippen LogP contribution in [0.3, 0.4) is 0 Å². The molecule has 78 valence electrons. The Labute approximate surface area is 81.2 Å². The molecule has 0 N–H and O–H groups in total. The average molecular weight is 205 g/mol. The molecule has 0 aliphatic carbocycles. The molecule has 0 radical (unpaired) electrons. The van der Waals surface area contributed by atoms with Crippen LogP contribution in [-0.4, -0.2) is 23.6 Å². The van der Waals surface area contributed by atoms with Gasteiger partial charge in [-0.05, 0) is 26.2 Å². The minimum absolute atomic E-state index is 0.188. The van der Waals surface area contributed by atoms with Gasteiger partial charge in [0.1, 0.15) is 5.37 Å². The van der Waals surface area contributed by atoms with Gasteiger partial charge in [-0.15, -0.1) is 0 Å². The highest BCUT2D eigenvalue weighted by Gasteiger charge is 2.64. The van der Waals surface area contributed by atoms with Crippen LogP contribution in [-0.2, 0) is 10.0 Å². The summed E-state index contributed by atoms with van der Waals surface area (Å²) in [6, 6.07) is 0. The Morgan fingerprint density at radius 2 is 1.38 bits per heavy atom. The van der Waals surface area contributed by atoms with E-state index in [1.54, 1.807) is 4.31 Å². The van der Waals surface area contributed by atoms with Gasteiger partial charge in [0.2, 0.25) is 10.0 Å². The van der Waals surface area contributed by atoms with Crippen LogP contribution < -0.4 is 0 Å². The summed E-state index contributed by atoms with van der Waals surface area (Å²) in [6.45, 7) is 11.7. The van der Waals surface area contributed by atoms with Crippen LogP contribution in [0.5, 0.6) is 0 Å². The molecule has 1 saturated heterocycles. The maximum atomic E-state index is 11.6. The molecule has 4 heteroatoms. The predicted octanol–water partition coefficient (Wildman–Crippen LogP) is 1.80. The van der Waals surface area contributed by atoms with E-state index in [1.165, 1.54) is 0 Å². The molecule has 1 heterocycles. The summed E-state index contributed by atoms with van der Waals surface area (Å²) in [5.41, 5.74) is -0.469. The molecule has 1 rings (SSSR count). The van der Waals surface area contributed by atoms with Crippen molar-refractivity contribution in [3.8, 4) is 0 Å². The summed E-state index contributed by atoms with van der Waals surface area (Å²) in [5, 5.41) is -0.306. The first-order valence-corrected chi connectivity index (χ1v) is 6.03. The largest absolute Gasteiger partial charge is 0.233 e. The maximum absolute atomic E-state index is 11.6. The van der Waals surface area contributed by atoms with Crippen LogP contribution in [0.1, 0.15) is 41.5 Å². The standard InChI is InChI=1S/C9H19NO2S/c1-8(2,3)7-10(9(4,5)6)13(7,11)12/h7H,1-6H3. The quantitative estimate of drug-likeness (QED) is 0.565.